The molecule has 4 heteroatoms. The largest absolute Gasteiger partial charge is 0.360 e. The molecule has 2 heterocycles. The Labute approximate surface area is 113 Å². The lowest BCUT2D eigenvalue weighted by Crippen LogP contribution is -1.98. The molecule has 19 heavy (non-hydrogen) atoms. The predicted molar refractivity (Wildman–Crippen MR) is 80.5 cm³/mol. The molecule has 1 aromatic carbocycles. The maximum atomic E-state index is 4.57. The Bertz CT molecular complexity index is 749. The number of fused-ring (bicyclic) bond motifs is 1. The van der Waals surface area contributed by atoms with E-state index in [2.05, 4.69) is 45.4 Å². The molecule has 0 spiro atoms. The minimum Gasteiger partial charge on any atom is -0.360 e. The predicted octanol–water partition coefficient (Wildman–Crippen LogP) is 3.53. The maximum Gasteiger partial charge on any atom is 0.222 e. The number of aromatic nitrogens is 3. The Morgan fingerprint density at radius 3 is 2.84 bits per heavy atom. The first-order valence-electron chi connectivity index (χ1n) is 6.29. The Hall–Kier alpha value is -2.36. The van der Waals surface area contributed by atoms with E-state index in [1.165, 1.54) is 16.5 Å². The summed E-state index contributed by atoms with van der Waals surface area (Å²) >= 11 is 0. The summed E-state index contributed by atoms with van der Waals surface area (Å²) in [5.74, 6) is 0.641. The van der Waals surface area contributed by atoms with E-state index in [-0.39, 0.29) is 1.43 Å². The highest BCUT2D eigenvalue weighted by atomic mass is 15.1. The van der Waals surface area contributed by atoms with Crippen molar-refractivity contribution in [3.63, 3.8) is 0 Å². The molecule has 0 unspecified atom stereocenters. The summed E-state index contributed by atoms with van der Waals surface area (Å²) in [5, 5.41) is 4.18. The van der Waals surface area contributed by atoms with Crippen molar-refractivity contribution in [2.24, 2.45) is 0 Å². The van der Waals surface area contributed by atoms with Crippen LogP contribution in [-0.2, 0) is 0 Å². The second kappa shape index (κ2) is 4.39. The van der Waals surface area contributed by atoms with Crippen LogP contribution in [0.2, 0.25) is 0 Å². The number of hydrogen-bond donors (Lipinski definition) is 2. The molecule has 0 aliphatic carbocycles. The highest BCUT2D eigenvalue weighted by Gasteiger charge is 2.12. The highest BCUT2D eigenvalue weighted by molar-refractivity contribution is 5.96. The van der Waals surface area contributed by atoms with E-state index in [1.54, 1.807) is 0 Å². The van der Waals surface area contributed by atoms with Crippen LogP contribution in [0.5, 0.6) is 0 Å². The molecular weight excluding hydrogens is 236 g/mol. The highest BCUT2D eigenvalue weighted by Crippen LogP contribution is 2.30. The number of nitrogens with one attached hydrogen (secondary N) is 2. The number of para-hydroxylation sites is 1. The lowest BCUT2D eigenvalue weighted by Gasteiger charge is -2.06. The van der Waals surface area contributed by atoms with Gasteiger partial charge in [0.1, 0.15) is 0 Å². The van der Waals surface area contributed by atoms with Gasteiger partial charge >= 0.3 is 0 Å². The van der Waals surface area contributed by atoms with Gasteiger partial charge in [-0.05, 0) is 25.0 Å². The van der Waals surface area contributed by atoms with Crippen molar-refractivity contribution in [1.82, 2.24) is 15.0 Å². The minimum absolute atomic E-state index is 0. The zero-order valence-electron chi connectivity index (χ0n) is 11.3. The van der Waals surface area contributed by atoms with Gasteiger partial charge in [0.2, 0.25) is 5.95 Å². The van der Waals surface area contributed by atoms with E-state index in [0.717, 1.165) is 16.8 Å². The van der Waals surface area contributed by atoms with E-state index < -0.39 is 0 Å². The van der Waals surface area contributed by atoms with Crippen LogP contribution in [0.3, 0.4) is 0 Å². The van der Waals surface area contributed by atoms with Gasteiger partial charge < -0.3 is 10.3 Å². The van der Waals surface area contributed by atoms with Crippen LogP contribution >= 0.6 is 0 Å². The first kappa shape index (κ1) is 11.7. The topological polar surface area (TPSA) is 53.6 Å². The van der Waals surface area contributed by atoms with Crippen molar-refractivity contribution in [1.29, 1.82) is 0 Å². The summed E-state index contributed by atoms with van der Waals surface area (Å²) in [7, 11) is 1.83. The summed E-state index contributed by atoms with van der Waals surface area (Å²) < 4.78 is 0. The Kier molecular flexibility index (Phi) is 2.71. The average Bonchev–Trinajstić information content (AvgIpc) is 2.85. The van der Waals surface area contributed by atoms with Crippen molar-refractivity contribution in [3.05, 3.63) is 41.7 Å². The number of benzene rings is 1. The van der Waals surface area contributed by atoms with E-state index in [9.17, 15) is 0 Å². The van der Waals surface area contributed by atoms with Crippen molar-refractivity contribution in [2.45, 2.75) is 13.8 Å². The molecule has 98 valence electrons. The molecule has 2 aromatic heterocycles. The number of aromatic amines is 1. The molecule has 0 fully saturated rings. The van der Waals surface area contributed by atoms with E-state index in [4.69, 9.17) is 0 Å². The van der Waals surface area contributed by atoms with Gasteiger partial charge in [0.15, 0.2) is 0 Å². The zero-order chi connectivity index (χ0) is 13.4. The first-order valence-corrected chi connectivity index (χ1v) is 6.29. The molecule has 0 aliphatic rings. The van der Waals surface area contributed by atoms with E-state index in [1.807, 2.05) is 26.4 Å². The third-order valence-electron chi connectivity index (χ3n) is 3.37. The molecule has 0 aliphatic heterocycles. The Balaban J connectivity index is 0.00000147. The monoisotopic (exact) mass is 254 g/mol. The summed E-state index contributed by atoms with van der Waals surface area (Å²) in [6.45, 7) is 4.14. The van der Waals surface area contributed by atoms with Crippen LogP contribution in [-0.4, -0.2) is 22.0 Å². The average molecular weight is 254 g/mol. The number of anilines is 1. The molecule has 2 N–H and O–H groups in total. The maximum absolute atomic E-state index is 4.57. The van der Waals surface area contributed by atoms with E-state index >= 15 is 0 Å². The van der Waals surface area contributed by atoms with Crippen LogP contribution in [0, 0.1) is 13.8 Å². The van der Waals surface area contributed by atoms with Crippen LogP contribution in [0.1, 0.15) is 12.6 Å². The van der Waals surface area contributed by atoms with E-state index in [0.29, 0.717) is 5.95 Å². The molecule has 3 rings (SSSR count). The van der Waals surface area contributed by atoms with Crippen LogP contribution in [0.15, 0.2) is 30.6 Å². The quantitative estimate of drug-likeness (QED) is 0.735. The number of rotatable bonds is 2. The second-order valence-corrected chi connectivity index (χ2v) is 4.68. The second-order valence-electron chi connectivity index (χ2n) is 4.68. The first-order chi connectivity index (χ1) is 9.20. The number of H-pyrrole nitrogens is 1. The molecule has 3 aromatic rings. The Morgan fingerprint density at radius 2 is 2.05 bits per heavy atom. The molecule has 4 nitrogen and oxygen atoms in total. The lowest BCUT2D eigenvalue weighted by atomic mass is 10.1. The normalized spacial score (nSPS) is 10.9. The van der Waals surface area contributed by atoms with Gasteiger partial charge in [-0.15, -0.1) is 0 Å². The molecule has 0 amide bonds. The van der Waals surface area contributed by atoms with Gasteiger partial charge in [-0.25, -0.2) is 9.97 Å². The van der Waals surface area contributed by atoms with Crippen LogP contribution in [0.25, 0.3) is 22.2 Å². The lowest BCUT2D eigenvalue weighted by molar-refractivity contribution is 1.12. The van der Waals surface area contributed by atoms with Gasteiger partial charge in [-0.3, -0.25) is 0 Å². The summed E-state index contributed by atoms with van der Waals surface area (Å²) in [6, 6.07) is 6.30. The minimum atomic E-state index is 0. The van der Waals surface area contributed by atoms with Crippen molar-refractivity contribution in [2.75, 3.05) is 12.4 Å². The van der Waals surface area contributed by atoms with Gasteiger partial charge in [0.05, 0.1) is 5.69 Å². The third-order valence-corrected chi connectivity index (χ3v) is 3.37. The third kappa shape index (κ3) is 1.85. The SMILES string of the molecule is CNc1ncc(C)c(-c2c[nH]c3c(C)cccc23)n1.[HH]. The van der Waals surface area contributed by atoms with Gasteiger partial charge in [0, 0.05) is 37.3 Å². The molecule has 0 atom stereocenters. The fraction of sp³-hybridized carbons (Fsp3) is 0.200. The molecular formula is C15H18N4. The molecule has 0 saturated carbocycles. The van der Waals surface area contributed by atoms with Crippen LogP contribution in [0.4, 0.5) is 5.95 Å². The Morgan fingerprint density at radius 1 is 1.21 bits per heavy atom. The smallest absolute Gasteiger partial charge is 0.222 e. The standard InChI is InChI=1S/C15H16N4.H2/c1-9-5-4-6-11-12(8-17-13(9)11)14-10(2)7-18-15(16-3)19-14;/h4-8,17H,1-3H3,(H,16,18,19);1H. The number of nitrogens with zero attached hydrogens (tertiary/aromatic N) is 2. The molecule has 0 bridgehead atoms. The zero-order valence-corrected chi connectivity index (χ0v) is 11.3. The van der Waals surface area contributed by atoms with Gasteiger partial charge in [-0.2, -0.15) is 0 Å². The van der Waals surface area contributed by atoms with Gasteiger partial charge in [0.25, 0.3) is 0 Å². The molecule has 0 radical (unpaired) electrons. The van der Waals surface area contributed by atoms with Crippen molar-refractivity contribution < 1.29 is 1.43 Å². The van der Waals surface area contributed by atoms with Gasteiger partial charge in [-0.1, -0.05) is 18.2 Å². The molecule has 0 saturated heterocycles. The fourth-order valence-corrected chi connectivity index (χ4v) is 2.34. The van der Waals surface area contributed by atoms with Crippen molar-refractivity contribution in [3.8, 4) is 11.3 Å². The number of hydrogen-bond acceptors (Lipinski definition) is 3. The van der Waals surface area contributed by atoms with Crippen LogP contribution < -0.4 is 5.32 Å². The summed E-state index contributed by atoms with van der Waals surface area (Å²) in [6.07, 6.45) is 3.87. The number of aryl methyl sites for hydroxylation is 2. The summed E-state index contributed by atoms with van der Waals surface area (Å²) in [4.78, 5) is 12.1. The fourth-order valence-electron chi connectivity index (χ4n) is 2.34. The van der Waals surface area contributed by atoms with Crippen molar-refractivity contribution >= 4 is 16.9 Å². The summed E-state index contributed by atoms with van der Waals surface area (Å²) in [5.41, 5.74) is 5.57.